The topological polar surface area (TPSA) is 50.7 Å². The zero-order valence-electron chi connectivity index (χ0n) is 10.00. The van der Waals surface area contributed by atoms with Crippen molar-refractivity contribution >= 4 is 0 Å². The fourth-order valence-corrected chi connectivity index (χ4v) is 1.24. The van der Waals surface area contributed by atoms with Gasteiger partial charge in [0.1, 0.15) is 0 Å². The van der Waals surface area contributed by atoms with Crippen molar-refractivity contribution in [1.82, 2.24) is 5.32 Å². The lowest BCUT2D eigenvalue weighted by molar-refractivity contribution is 0.0405. The molecule has 0 amide bonds. The normalized spacial score (nSPS) is 13.0. The van der Waals surface area contributed by atoms with Crippen LogP contribution < -0.4 is 5.32 Å². The lowest BCUT2D eigenvalue weighted by Gasteiger charge is -2.17. The van der Waals surface area contributed by atoms with Gasteiger partial charge in [-0.05, 0) is 26.3 Å². The minimum Gasteiger partial charge on any atom is -0.396 e. The summed E-state index contributed by atoms with van der Waals surface area (Å²) in [6, 6.07) is 0.261. The van der Waals surface area contributed by atoms with Crippen LogP contribution in [-0.2, 0) is 9.47 Å². The molecular weight excluding hydrogens is 194 g/mol. The molecule has 0 bridgehead atoms. The van der Waals surface area contributed by atoms with Gasteiger partial charge >= 0.3 is 0 Å². The molecule has 1 atom stereocenters. The van der Waals surface area contributed by atoms with Crippen LogP contribution in [0.25, 0.3) is 0 Å². The molecule has 2 N–H and O–H groups in total. The van der Waals surface area contributed by atoms with Gasteiger partial charge in [0.05, 0.1) is 19.8 Å². The largest absolute Gasteiger partial charge is 0.396 e. The van der Waals surface area contributed by atoms with Crippen LogP contribution in [0.3, 0.4) is 0 Å². The molecule has 0 rings (SSSR count). The van der Waals surface area contributed by atoms with Crippen LogP contribution in [-0.4, -0.2) is 50.7 Å². The van der Waals surface area contributed by atoms with Gasteiger partial charge in [0.25, 0.3) is 0 Å². The summed E-state index contributed by atoms with van der Waals surface area (Å²) in [5.74, 6) is 0. The van der Waals surface area contributed by atoms with Crippen LogP contribution in [0.2, 0.25) is 0 Å². The van der Waals surface area contributed by atoms with Crippen LogP contribution in [0.15, 0.2) is 0 Å². The summed E-state index contributed by atoms with van der Waals surface area (Å²) < 4.78 is 10.6. The molecule has 0 aromatic rings. The van der Waals surface area contributed by atoms with E-state index < -0.39 is 0 Å². The zero-order chi connectivity index (χ0) is 11.4. The van der Waals surface area contributed by atoms with E-state index in [0.29, 0.717) is 19.8 Å². The van der Waals surface area contributed by atoms with E-state index in [1.54, 1.807) is 0 Å². The molecule has 4 heteroatoms. The highest BCUT2D eigenvalue weighted by Gasteiger charge is 2.06. The standard InChI is InChI=1S/C11H25NO3/c1-3-6-12-11(5-7-13)10-15-9-8-14-4-2/h11-13H,3-10H2,1-2H3. The minimum atomic E-state index is 0.205. The van der Waals surface area contributed by atoms with Crippen molar-refractivity contribution in [2.75, 3.05) is 39.6 Å². The Labute approximate surface area is 93.0 Å². The molecule has 0 aromatic heterocycles. The molecule has 92 valence electrons. The summed E-state index contributed by atoms with van der Waals surface area (Å²) in [6.45, 7) is 7.93. The first-order valence-electron chi connectivity index (χ1n) is 5.84. The Bertz CT molecular complexity index is 122. The lowest BCUT2D eigenvalue weighted by Crippen LogP contribution is -2.35. The van der Waals surface area contributed by atoms with Crippen molar-refractivity contribution in [3.8, 4) is 0 Å². The molecule has 0 aliphatic carbocycles. The summed E-state index contributed by atoms with van der Waals surface area (Å²) >= 11 is 0. The molecule has 0 aromatic carbocycles. The molecular formula is C11H25NO3. The Morgan fingerprint density at radius 2 is 1.93 bits per heavy atom. The number of nitrogens with one attached hydrogen (secondary N) is 1. The van der Waals surface area contributed by atoms with Crippen LogP contribution in [0.5, 0.6) is 0 Å². The SMILES string of the molecule is CCCNC(CCO)COCCOCC. The first-order chi connectivity index (χ1) is 7.35. The molecule has 0 aliphatic rings. The van der Waals surface area contributed by atoms with E-state index >= 15 is 0 Å². The van der Waals surface area contributed by atoms with E-state index in [-0.39, 0.29) is 12.6 Å². The second-order valence-corrected chi connectivity index (χ2v) is 3.44. The summed E-state index contributed by atoms with van der Waals surface area (Å²) in [5, 5.41) is 12.2. The third kappa shape index (κ3) is 10.1. The van der Waals surface area contributed by atoms with Crippen LogP contribution in [0.4, 0.5) is 0 Å². The second-order valence-electron chi connectivity index (χ2n) is 3.44. The van der Waals surface area contributed by atoms with Crippen molar-refractivity contribution in [3.63, 3.8) is 0 Å². The average Bonchev–Trinajstić information content (AvgIpc) is 2.25. The highest BCUT2D eigenvalue weighted by atomic mass is 16.5. The van der Waals surface area contributed by atoms with Crippen molar-refractivity contribution in [1.29, 1.82) is 0 Å². The van der Waals surface area contributed by atoms with E-state index in [9.17, 15) is 0 Å². The average molecular weight is 219 g/mol. The van der Waals surface area contributed by atoms with E-state index in [2.05, 4.69) is 12.2 Å². The van der Waals surface area contributed by atoms with E-state index in [1.165, 1.54) is 0 Å². The number of rotatable bonds is 11. The summed E-state index contributed by atoms with van der Waals surface area (Å²) in [5.41, 5.74) is 0. The molecule has 0 aliphatic heterocycles. The van der Waals surface area contributed by atoms with E-state index in [4.69, 9.17) is 14.6 Å². The van der Waals surface area contributed by atoms with E-state index in [1.807, 2.05) is 6.92 Å². The van der Waals surface area contributed by atoms with Crippen LogP contribution >= 0.6 is 0 Å². The predicted molar refractivity (Wildman–Crippen MR) is 61.1 cm³/mol. The van der Waals surface area contributed by atoms with Gasteiger partial charge in [-0.15, -0.1) is 0 Å². The Morgan fingerprint density at radius 3 is 2.53 bits per heavy atom. The Morgan fingerprint density at radius 1 is 1.20 bits per heavy atom. The molecule has 0 heterocycles. The fraction of sp³-hybridized carbons (Fsp3) is 1.00. The molecule has 0 radical (unpaired) electrons. The van der Waals surface area contributed by atoms with E-state index in [0.717, 1.165) is 26.0 Å². The predicted octanol–water partition coefficient (Wildman–Crippen LogP) is 0.790. The number of hydrogen-bond donors (Lipinski definition) is 2. The second kappa shape index (κ2) is 11.9. The molecule has 15 heavy (non-hydrogen) atoms. The van der Waals surface area contributed by atoms with Gasteiger partial charge in [-0.3, -0.25) is 0 Å². The molecule has 0 fully saturated rings. The number of hydrogen-bond acceptors (Lipinski definition) is 4. The van der Waals surface area contributed by atoms with Gasteiger partial charge in [0.15, 0.2) is 0 Å². The highest BCUT2D eigenvalue weighted by Crippen LogP contribution is 1.93. The van der Waals surface area contributed by atoms with Gasteiger partial charge in [-0.2, -0.15) is 0 Å². The van der Waals surface area contributed by atoms with Crippen molar-refractivity contribution in [2.45, 2.75) is 32.7 Å². The monoisotopic (exact) mass is 219 g/mol. The summed E-state index contributed by atoms with van der Waals surface area (Å²) in [4.78, 5) is 0. The number of aliphatic hydroxyl groups excluding tert-OH is 1. The third-order valence-electron chi connectivity index (χ3n) is 2.06. The first-order valence-corrected chi connectivity index (χ1v) is 5.84. The molecule has 1 unspecified atom stereocenters. The molecule has 0 saturated heterocycles. The molecule has 0 saturated carbocycles. The maximum absolute atomic E-state index is 8.86. The van der Waals surface area contributed by atoms with Gasteiger partial charge in [0.2, 0.25) is 0 Å². The summed E-state index contributed by atoms with van der Waals surface area (Å²) in [7, 11) is 0. The summed E-state index contributed by atoms with van der Waals surface area (Å²) in [6.07, 6.45) is 1.84. The minimum absolute atomic E-state index is 0.205. The molecule has 4 nitrogen and oxygen atoms in total. The number of ether oxygens (including phenoxy) is 2. The van der Waals surface area contributed by atoms with Crippen molar-refractivity contribution in [3.05, 3.63) is 0 Å². The van der Waals surface area contributed by atoms with Gasteiger partial charge < -0.3 is 19.9 Å². The quantitative estimate of drug-likeness (QED) is 0.504. The van der Waals surface area contributed by atoms with Gasteiger partial charge in [0, 0.05) is 19.3 Å². The zero-order valence-corrected chi connectivity index (χ0v) is 10.00. The van der Waals surface area contributed by atoms with Gasteiger partial charge in [-0.25, -0.2) is 0 Å². The van der Waals surface area contributed by atoms with Gasteiger partial charge in [-0.1, -0.05) is 6.92 Å². The maximum Gasteiger partial charge on any atom is 0.0701 e. The highest BCUT2D eigenvalue weighted by molar-refractivity contribution is 4.64. The first kappa shape index (κ1) is 14.8. The smallest absolute Gasteiger partial charge is 0.0701 e. The Hall–Kier alpha value is -0.160. The van der Waals surface area contributed by atoms with Crippen molar-refractivity contribution in [2.24, 2.45) is 0 Å². The lowest BCUT2D eigenvalue weighted by atomic mass is 10.2. The Kier molecular flexibility index (Phi) is 11.8. The molecule has 0 spiro atoms. The fourth-order valence-electron chi connectivity index (χ4n) is 1.24. The van der Waals surface area contributed by atoms with Crippen LogP contribution in [0, 0.1) is 0 Å². The van der Waals surface area contributed by atoms with Crippen molar-refractivity contribution < 1.29 is 14.6 Å². The maximum atomic E-state index is 8.86. The van der Waals surface area contributed by atoms with Crippen LogP contribution in [0.1, 0.15) is 26.7 Å². The third-order valence-corrected chi connectivity index (χ3v) is 2.06. The Balaban J connectivity index is 3.38. The number of aliphatic hydroxyl groups is 1.